The van der Waals surface area contributed by atoms with E-state index < -0.39 is 0 Å². The second kappa shape index (κ2) is 12.5. The van der Waals surface area contributed by atoms with Crippen LogP contribution < -0.4 is 11.1 Å². The lowest BCUT2D eigenvalue weighted by Crippen LogP contribution is -2.33. The molecule has 1 atom stereocenters. The van der Waals surface area contributed by atoms with Crippen LogP contribution in [0.25, 0.3) is 0 Å². The highest BCUT2D eigenvalue weighted by Crippen LogP contribution is 2.18. The van der Waals surface area contributed by atoms with Gasteiger partial charge in [-0.3, -0.25) is 9.69 Å². The molecule has 1 aromatic carbocycles. The molecule has 0 spiro atoms. The fraction of sp³-hybridized carbons (Fsp3) is 0.611. The molecule has 1 heterocycles. The van der Waals surface area contributed by atoms with E-state index in [4.69, 9.17) is 5.73 Å². The zero-order chi connectivity index (χ0) is 15.8. The summed E-state index contributed by atoms with van der Waals surface area (Å²) in [5, 5.41) is 2.94. The van der Waals surface area contributed by atoms with Gasteiger partial charge >= 0.3 is 0 Å². The van der Waals surface area contributed by atoms with Crippen LogP contribution in [-0.4, -0.2) is 30.4 Å². The summed E-state index contributed by atoms with van der Waals surface area (Å²) in [7, 11) is 0. The first-order valence-electron chi connectivity index (χ1n) is 8.44. The lowest BCUT2D eigenvalue weighted by Gasteiger charge is -2.30. The first kappa shape index (κ1) is 23.2. The zero-order valence-electron chi connectivity index (χ0n) is 14.5. The van der Waals surface area contributed by atoms with Gasteiger partial charge < -0.3 is 11.1 Å². The van der Waals surface area contributed by atoms with Gasteiger partial charge in [0.15, 0.2) is 0 Å². The number of likely N-dealkylation sites (tertiary alicyclic amines) is 1. The molecule has 24 heavy (non-hydrogen) atoms. The summed E-state index contributed by atoms with van der Waals surface area (Å²) >= 11 is 0. The topological polar surface area (TPSA) is 58.4 Å². The molecular formula is C18H31Cl2N3O. The van der Waals surface area contributed by atoms with Crippen molar-refractivity contribution in [3.8, 4) is 0 Å². The molecule has 1 fully saturated rings. The van der Waals surface area contributed by atoms with Crippen molar-refractivity contribution in [2.24, 2.45) is 11.7 Å². The van der Waals surface area contributed by atoms with Crippen molar-refractivity contribution in [3.05, 3.63) is 35.4 Å². The molecule has 1 unspecified atom stereocenters. The second-order valence-corrected chi connectivity index (χ2v) is 6.47. The molecule has 0 bridgehead atoms. The predicted molar refractivity (Wildman–Crippen MR) is 105 cm³/mol. The van der Waals surface area contributed by atoms with E-state index in [1.807, 2.05) is 0 Å². The highest BCUT2D eigenvalue weighted by Gasteiger charge is 2.16. The van der Waals surface area contributed by atoms with Crippen LogP contribution in [0.2, 0.25) is 0 Å². The van der Waals surface area contributed by atoms with Gasteiger partial charge in [-0.2, -0.15) is 0 Å². The second-order valence-electron chi connectivity index (χ2n) is 6.47. The number of amides is 1. The first-order chi connectivity index (χ1) is 10.7. The number of nitrogens with two attached hydrogens (primary N) is 1. The molecular weight excluding hydrogens is 345 g/mol. The van der Waals surface area contributed by atoms with E-state index >= 15 is 0 Å². The number of halogens is 2. The molecule has 1 amide bonds. The van der Waals surface area contributed by atoms with E-state index in [-0.39, 0.29) is 30.7 Å². The quantitative estimate of drug-likeness (QED) is 0.769. The van der Waals surface area contributed by atoms with Gasteiger partial charge in [0.05, 0.1) is 0 Å². The summed E-state index contributed by atoms with van der Waals surface area (Å²) in [6, 6.07) is 8.60. The van der Waals surface area contributed by atoms with Crippen molar-refractivity contribution >= 4 is 30.7 Å². The van der Waals surface area contributed by atoms with Crippen LogP contribution in [0, 0.1) is 5.92 Å². The van der Waals surface area contributed by atoms with Gasteiger partial charge in [-0.1, -0.05) is 31.2 Å². The Labute approximate surface area is 158 Å². The van der Waals surface area contributed by atoms with Crippen LogP contribution in [0.4, 0.5) is 0 Å². The van der Waals surface area contributed by atoms with Gasteiger partial charge in [0.2, 0.25) is 5.91 Å². The normalized spacial score (nSPS) is 17.5. The predicted octanol–water partition coefficient (Wildman–Crippen LogP) is 3.12. The first-order valence-corrected chi connectivity index (χ1v) is 8.44. The molecule has 2 rings (SSSR count). The Morgan fingerprint density at radius 2 is 1.92 bits per heavy atom. The Kier molecular flexibility index (Phi) is 12.1. The van der Waals surface area contributed by atoms with E-state index in [1.54, 1.807) is 0 Å². The smallest absolute Gasteiger partial charge is 0.220 e. The van der Waals surface area contributed by atoms with E-state index in [1.165, 1.54) is 31.5 Å². The molecule has 0 radical (unpaired) electrons. The summed E-state index contributed by atoms with van der Waals surface area (Å²) in [6.07, 6.45) is 3.94. The minimum Gasteiger partial charge on any atom is -0.352 e. The third kappa shape index (κ3) is 8.34. The van der Waals surface area contributed by atoms with Crippen molar-refractivity contribution in [1.82, 2.24) is 10.2 Å². The van der Waals surface area contributed by atoms with Gasteiger partial charge in [0.1, 0.15) is 0 Å². The number of rotatable bonds is 7. The van der Waals surface area contributed by atoms with Crippen LogP contribution in [0.3, 0.4) is 0 Å². The van der Waals surface area contributed by atoms with Gasteiger partial charge in [-0.05, 0) is 49.4 Å². The molecule has 1 aromatic rings. The highest BCUT2D eigenvalue weighted by atomic mass is 35.5. The van der Waals surface area contributed by atoms with Crippen LogP contribution in [0.1, 0.15) is 43.7 Å². The number of hydrogen-bond donors (Lipinski definition) is 2. The fourth-order valence-corrected chi connectivity index (χ4v) is 3.00. The third-order valence-corrected chi connectivity index (χ3v) is 4.27. The number of benzene rings is 1. The van der Waals surface area contributed by atoms with Gasteiger partial charge in [-0.25, -0.2) is 0 Å². The maximum atomic E-state index is 11.6. The Morgan fingerprint density at radius 3 is 2.54 bits per heavy atom. The Morgan fingerprint density at radius 1 is 1.25 bits per heavy atom. The maximum absolute atomic E-state index is 11.6. The highest BCUT2D eigenvalue weighted by molar-refractivity contribution is 5.85. The molecule has 3 N–H and O–H groups in total. The minimum absolute atomic E-state index is 0. The molecule has 6 heteroatoms. The van der Waals surface area contributed by atoms with Crippen molar-refractivity contribution in [2.45, 2.75) is 45.7 Å². The van der Waals surface area contributed by atoms with Crippen LogP contribution in [0.15, 0.2) is 24.3 Å². The molecule has 0 aromatic heterocycles. The van der Waals surface area contributed by atoms with Gasteiger partial charge in [0.25, 0.3) is 0 Å². The van der Waals surface area contributed by atoms with Crippen LogP contribution >= 0.6 is 24.8 Å². The van der Waals surface area contributed by atoms with E-state index in [9.17, 15) is 4.79 Å². The number of carbonyl (C=O) groups is 1. The van der Waals surface area contributed by atoms with Gasteiger partial charge in [-0.15, -0.1) is 24.8 Å². The zero-order valence-corrected chi connectivity index (χ0v) is 16.1. The number of nitrogens with one attached hydrogen (secondary N) is 1. The fourth-order valence-electron chi connectivity index (χ4n) is 3.00. The van der Waals surface area contributed by atoms with Crippen molar-refractivity contribution in [2.75, 3.05) is 19.6 Å². The Balaban J connectivity index is 0.00000264. The summed E-state index contributed by atoms with van der Waals surface area (Å²) < 4.78 is 0. The molecule has 0 saturated carbocycles. The standard InChI is InChI=1S/C18H29N3O.2ClH/c1-15-4-3-11-21(13-15)14-17-8-6-16(7-9-17)12-20-18(22)5-2-10-19;;/h6-9,15H,2-5,10-14,19H2,1H3,(H,20,22);2*1H. The van der Waals surface area contributed by atoms with E-state index in [0.717, 1.165) is 24.4 Å². The minimum atomic E-state index is 0. The number of hydrogen-bond acceptors (Lipinski definition) is 3. The summed E-state index contributed by atoms with van der Waals surface area (Å²) in [5.74, 6) is 0.897. The molecule has 4 nitrogen and oxygen atoms in total. The SMILES string of the molecule is CC1CCCN(Cc2ccc(CNC(=O)CCCN)cc2)C1.Cl.Cl. The monoisotopic (exact) mass is 375 g/mol. The van der Waals surface area contributed by atoms with Crippen LogP contribution in [0.5, 0.6) is 0 Å². The molecule has 0 aliphatic carbocycles. The van der Waals surface area contributed by atoms with Crippen LogP contribution in [-0.2, 0) is 17.9 Å². The van der Waals surface area contributed by atoms with E-state index in [0.29, 0.717) is 19.5 Å². The van der Waals surface area contributed by atoms with Crippen molar-refractivity contribution in [3.63, 3.8) is 0 Å². The maximum Gasteiger partial charge on any atom is 0.220 e. The lowest BCUT2D eigenvalue weighted by atomic mass is 9.99. The third-order valence-electron chi connectivity index (χ3n) is 4.27. The van der Waals surface area contributed by atoms with Crippen molar-refractivity contribution in [1.29, 1.82) is 0 Å². The molecule has 1 saturated heterocycles. The summed E-state index contributed by atoms with van der Waals surface area (Å²) in [5.41, 5.74) is 7.91. The number of nitrogens with zero attached hydrogens (tertiary/aromatic N) is 1. The van der Waals surface area contributed by atoms with Gasteiger partial charge in [0, 0.05) is 26.1 Å². The average molecular weight is 376 g/mol. The summed E-state index contributed by atoms with van der Waals surface area (Å²) in [6.45, 7) is 6.96. The van der Waals surface area contributed by atoms with E-state index in [2.05, 4.69) is 41.4 Å². The largest absolute Gasteiger partial charge is 0.352 e. The molecule has 138 valence electrons. The van der Waals surface area contributed by atoms with Crippen molar-refractivity contribution < 1.29 is 4.79 Å². The Hall–Kier alpha value is -0.810. The molecule has 1 aliphatic heterocycles. The lowest BCUT2D eigenvalue weighted by molar-refractivity contribution is -0.121. The summed E-state index contributed by atoms with van der Waals surface area (Å²) in [4.78, 5) is 14.1. The Bertz CT molecular complexity index is 468. The average Bonchev–Trinajstić information content (AvgIpc) is 2.52. The number of piperidine rings is 1. The number of carbonyl (C=O) groups excluding carboxylic acids is 1. The molecule has 1 aliphatic rings.